The van der Waals surface area contributed by atoms with Gasteiger partial charge < -0.3 is 33.6 Å². The van der Waals surface area contributed by atoms with Crippen molar-refractivity contribution in [1.82, 2.24) is 0 Å². The predicted molar refractivity (Wildman–Crippen MR) is 200 cm³/mol. The van der Waals surface area contributed by atoms with Crippen molar-refractivity contribution in [2.75, 3.05) is 0 Å². The molecule has 244 valence electrons. The van der Waals surface area contributed by atoms with E-state index in [-0.39, 0.29) is 50.7 Å². The van der Waals surface area contributed by atoms with Gasteiger partial charge in [-0.2, -0.15) is 0 Å². The van der Waals surface area contributed by atoms with Crippen LogP contribution >= 0.6 is 0 Å². The molecule has 2 heterocycles. The van der Waals surface area contributed by atoms with Gasteiger partial charge in [0.15, 0.2) is 0 Å². The number of furan rings is 2. The molecule has 2 aromatic heterocycles. The summed E-state index contributed by atoms with van der Waals surface area (Å²) in [4.78, 5) is 0. The van der Waals surface area contributed by atoms with Crippen LogP contribution in [0.2, 0.25) is 0 Å². The van der Waals surface area contributed by atoms with E-state index in [1.807, 2.05) is 24.3 Å². The van der Waals surface area contributed by atoms with Crippen LogP contribution in [0.15, 0.2) is 191 Å². The average molecular weight is 864 g/mol. The Kier molecular flexibility index (Phi) is 10.9. The number of hydrogen-bond acceptors (Lipinski definition) is 2. The third kappa shape index (κ3) is 6.78. The molecule has 0 radical (unpaired) electrons. The van der Waals surface area contributed by atoms with Gasteiger partial charge in [-0.3, -0.25) is 0 Å². The van der Waals surface area contributed by atoms with Crippen molar-refractivity contribution in [3.8, 4) is 44.9 Å². The molecule has 10 aromatic rings. The minimum atomic E-state index is 0. The van der Waals surface area contributed by atoms with E-state index in [0.717, 1.165) is 22.6 Å². The van der Waals surface area contributed by atoms with Gasteiger partial charge in [0.25, 0.3) is 0 Å². The van der Waals surface area contributed by atoms with Crippen molar-refractivity contribution in [1.29, 1.82) is 0 Å². The number of hydrogen-bond donors (Lipinski definition) is 0. The zero-order chi connectivity index (χ0) is 31.9. The second-order valence-corrected chi connectivity index (χ2v) is 12.1. The first-order valence-electron chi connectivity index (χ1n) is 16.2. The summed E-state index contributed by atoms with van der Waals surface area (Å²) in [7, 11) is 0. The summed E-state index contributed by atoms with van der Waals surface area (Å²) in [6.07, 6.45) is 3.44. The van der Waals surface area contributed by atoms with Crippen molar-refractivity contribution in [2.24, 2.45) is 0 Å². The Balaban J connectivity index is 0.000000166. The maximum atomic E-state index is 5.56. The second kappa shape index (κ2) is 15.5. The Morgan fingerprint density at radius 3 is 1.14 bits per heavy atom. The van der Waals surface area contributed by atoms with Gasteiger partial charge in [0.1, 0.15) is 0 Å². The molecule has 10 rings (SSSR count). The first-order chi connectivity index (χ1) is 23.8. The van der Waals surface area contributed by atoms with Crippen LogP contribution in [0.1, 0.15) is 0 Å². The van der Waals surface area contributed by atoms with Crippen LogP contribution in [0.3, 0.4) is 0 Å². The monoisotopic (exact) mass is 864 g/mol. The third-order valence-electron chi connectivity index (χ3n) is 9.27. The molecule has 0 saturated heterocycles. The fourth-order valence-electron chi connectivity index (χ4n) is 7.03. The Morgan fingerprint density at radius 1 is 0.353 bits per heavy atom. The topological polar surface area (TPSA) is 26.3 Å². The molecule has 0 aliphatic rings. The molecule has 51 heavy (non-hydrogen) atoms. The Hall–Kier alpha value is -4.93. The van der Waals surface area contributed by atoms with E-state index in [1.54, 1.807) is 12.5 Å². The molecule has 0 fully saturated rings. The fraction of sp³-hybridized carbons (Fsp3) is 0. The van der Waals surface area contributed by atoms with E-state index >= 15 is 0 Å². The molecule has 0 amide bonds. The van der Waals surface area contributed by atoms with Gasteiger partial charge in [0, 0.05) is 0 Å². The van der Waals surface area contributed by atoms with Gasteiger partial charge in [-0.1, -0.05) is 144 Å². The van der Waals surface area contributed by atoms with Crippen LogP contribution in [0.25, 0.3) is 88.0 Å². The van der Waals surface area contributed by atoms with Gasteiger partial charge in [-0.25, -0.2) is 0 Å². The van der Waals surface area contributed by atoms with E-state index in [2.05, 4.69) is 146 Å². The smallest absolute Gasteiger partial charge is 1.00 e. The molecule has 0 spiro atoms. The Bertz CT molecular complexity index is 2480. The van der Waals surface area contributed by atoms with Gasteiger partial charge in [0.05, 0.1) is 24.0 Å². The quantitative estimate of drug-likeness (QED) is 0.138. The van der Waals surface area contributed by atoms with Crippen LogP contribution < -0.4 is 24.8 Å². The summed E-state index contributed by atoms with van der Waals surface area (Å²) in [6, 6.07) is 59.8. The summed E-state index contributed by atoms with van der Waals surface area (Å²) in [5, 5.41) is 10.1. The zero-order valence-electron chi connectivity index (χ0n) is 27.4. The molecule has 0 unspecified atom stereocenters. The van der Waals surface area contributed by atoms with E-state index in [9.17, 15) is 0 Å². The summed E-state index contributed by atoms with van der Waals surface area (Å²) in [5.41, 5.74) is 7.33. The molecular weight excluding hydrogens is 834 g/mol. The summed E-state index contributed by atoms with van der Waals surface area (Å²) < 4.78 is 11.1. The normalized spacial score (nSPS) is 10.7. The SMILES string of the molecule is [Cl-].[Cl-].[Hf+4].c1coc(-c2cc3c(-c4cccc5ccccc45)cccc3[cH-]2)c1.c1coc(-c2cc3c(-c4cccc5ccccc45)cccc3[cH-]2)c1. The summed E-state index contributed by atoms with van der Waals surface area (Å²) >= 11 is 0. The van der Waals surface area contributed by atoms with Crippen LogP contribution in [-0.2, 0) is 25.8 Å². The van der Waals surface area contributed by atoms with Gasteiger partial charge in [-0.05, 0) is 44.8 Å². The Labute approximate surface area is 327 Å². The summed E-state index contributed by atoms with van der Waals surface area (Å²) in [5.74, 6) is 1.82. The van der Waals surface area contributed by atoms with Gasteiger partial charge >= 0.3 is 25.8 Å². The minimum Gasteiger partial charge on any atom is -1.00 e. The van der Waals surface area contributed by atoms with E-state index in [0.29, 0.717) is 0 Å². The van der Waals surface area contributed by atoms with Crippen molar-refractivity contribution >= 4 is 43.1 Å². The van der Waals surface area contributed by atoms with E-state index in [4.69, 9.17) is 8.83 Å². The molecule has 2 nitrogen and oxygen atoms in total. The first kappa shape index (κ1) is 35.9. The molecule has 0 saturated carbocycles. The predicted octanol–water partition coefficient (Wildman–Crippen LogP) is 7.28. The standard InChI is InChI=1S/2C23H15O.2ClH.Hf/c2*1-2-9-19-16(6-1)7-3-10-20(19)21-11-4-8-17-14-18(15-22(17)21)23-12-5-13-24-23;;;/h2*1-15H;2*1H;/q2*-1;;;+4/p-2. The summed E-state index contributed by atoms with van der Waals surface area (Å²) in [6.45, 7) is 0. The zero-order valence-corrected chi connectivity index (χ0v) is 32.5. The molecule has 0 bridgehead atoms. The van der Waals surface area contributed by atoms with Gasteiger partial charge in [-0.15, -0.1) is 57.9 Å². The number of fused-ring (bicyclic) bond motifs is 4. The maximum Gasteiger partial charge on any atom is 4.00 e. The first-order valence-corrected chi connectivity index (χ1v) is 16.2. The molecule has 5 heteroatoms. The van der Waals surface area contributed by atoms with Crippen molar-refractivity contribution in [2.45, 2.75) is 0 Å². The third-order valence-corrected chi connectivity index (χ3v) is 9.27. The number of rotatable bonds is 4. The molecule has 0 aliphatic carbocycles. The van der Waals surface area contributed by atoms with Crippen LogP contribution in [0, 0.1) is 0 Å². The second-order valence-electron chi connectivity index (χ2n) is 12.1. The van der Waals surface area contributed by atoms with Crippen molar-refractivity contribution in [3.05, 3.63) is 182 Å². The van der Waals surface area contributed by atoms with Crippen molar-refractivity contribution < 1.29 is 59.5 Å². The maximum absolute atomic E-state index is 5.56. The Morgan fingerprint density at radius 2 is 0.725 bits per heavy atom. The molecule has 0 N–H and O–H groups in total. The molecule has 0 atom stereocenters. The molecule has 0 aliphatic heterocycles. The van der Waals surface area contributed by atoms with Crippen LogP contribution in [-0.4, -0.2) is 0 Å². The van der Waals surface area contributed by atoms with Gasteiger partial charge in [0.2, 0.25) is 0 Å². The van der Waals surface area contributed by atoms with Crippen LogP contribution in [0.4, 0.5) is 0 Å². The van der Waals surface area contributed by atoms with E-state index < -0.39 is 0 Å². The number of halogens is 2. The van der Waals surface area contributed by atoms with Crippen molar-refractivity contribution in [3.63, 3.8) is 0 Å². The molecule has 8 aromatic carbocycles. The largest absolute Gasteiger partial charge is 4.00 e. The van der Waals surface area contributed by atoms with E-state index in [1.165, 1.54) is 65.3 Å². The average Bonchev–Trinajstić information content (AvgIpc) is 3.98. The fourth-order valence-corrected chi connectivity index (χ4v) is 7.03. The van der Waals surface area contributed by atoms with Crippen LogP contribution in [0.5, 0.6) is 0 Å². The minimum absolute atomic E-state index is 0. The number of benzene rings is 6. The molecular formula is C46H30Cl2HfO2.